The van der Waals surface area contributed by atoms with E-state index in [1.807, 2.05) is 0 Å². The molecule has 0 saturated carbocycles. The SMILES string of the molecule is Cl.Cl.c1ccc(C(c2ccccc2)c2ccccc2)cc1. The molecule has 0 fully saturated rings. The molecular formula is C19H18Cl2. The molecule has 0 heterocycles. The Kier molecular flexibility index (Phi) is 7.01. The van der Waals surface area contributed by atoms with Crippen molar-refractivity contribution < 1.29 is 0 Å². The summed E-state index contributed by atoms with van der Waals surface area (Å²) in [5.41, 5.74) is 4.00. The Morgan fingerprint density at radius 2 is 0.619 bits per heavy atom. The van der Waals surface area contributed by atoms with Crippen LogP contribution in [0.1, 0.15) is 22.6 Å². The number of rotatable bonds is 3. The van der Waals surface area contributed by atoms with Crippen LogP contribution in [0.25, 0.3) is 0 Å². The summed E-state index contributed by atoms with van der Waals surface area (Å²) in [6.45, 7) is 0. The Morgan fingerprint density at radius 1 is 0.381 bits per heavy atom. The molecule has 0 atom stereocenters. The molecule has 0 aliphatic carbocycles. The van der Waals surface area contributed by atoms with Crippen LogP contribution in [0.2, 0.25) is 0 Å². The van der Waals surface area contributed by atoms with Gasteiger partial charge >= 0.3 is 0 Å². The highest BCUT2D eigenvalue weighted by Crippen LogP contribution is 2.31. The summed E-state index contributed by atoms with van der Waals surface area (Å²) in [6, 6.07) is 32.0. The summed E-state index contributed by atoms with van der Waals surface area (Å²) < 4.78 is 0. The molecule has 0 saturated heterocycles. The standard InChI is InChI=1S/C19H16.2ClH/c1-4-10-16(11-5-1)19(17-12-6-2-7-13-17)18-14-8-3-9-15-18;;/h1-15,19H;2*1H. The van der Waals surface area contributed by atoms with Crippen LogP contribution in [0.3, 0.4) is 0 Å². The Morgan fingerprint density at radius 3 is 0.857 bits per heavy atom. The third kappa shape index (κ3) is 4.10. The first kappa shape index (κ1) is 17.3. The second kappa shape index (κ2) is 8.51. The van der Waals surface area contributed by atoms with Crippen LogP contribution in [0.5, 0.6) is 0 Å². The smallest absolute Gasteiger partial charge is 0.0339 e. The molecule has 0 aromatic heterocycles. The summed E-state index contributed by atoms with van der Waals surface area (Å²) in [7, 11) is 0. The fourth-order valence-electron chi connectivity index (χ4n) is 2.51. The summed E-state index contributed by atoms with van der Waals surface area (Å²) in [5, 5.41) is 0. The summed E-state index contributed by atoms with van der Waals surface area (Å²) >= 11 is 0. The molecule has 3 aromatic rings. The van der Waals surface area contributed by atoms with E-state index in [0.29, 0.717) is 5.92 Å². The lowest BCUT2D eigenvalue weighted by molar-refractivity contribution is 0.977. The summed E-state index contributed by atoms with van der Waals surface area (Å²) in [5.74, 6) is 0.309. The molecule has 3 aromatic carbocycles. The zero-order chi connectivity index (χ0) is 12.9. The highest BCUT2D eigenvalue weighted by Gasteiger charge is 2.15. The van der Waals surface area contributed by atoms with Crippen molar-refractivity contribution in [1.29, 1.82) is 0 Å². The normalized spacial score (nSPS) is 9.57. The van der Waals surface area contributed by atoms with Gasteiger partial charge in [-0.15, -0.1) is 24.8 Å². The van der Waals surface area contributed by atoms with Crippen molar-refractivity contribution >= 4 is 24.8 Å². The van der Waals surface area contributed by atoms with Gasteiger partial charge in [-0.25, -0.2) is 0 Å². The van der Waals surface area contributed by atoms with Crippen molar-refractivity contribution in [2.75, 3.05) is 0 Å². The molecule has 3 rings (SSSR count). The molecule has 108 valence electrons. The summed E-state index contributed by atoms with van der Waals surface area (Å²) in [4.78, 5) is 0. The van der Waals surface area contributed by atoms with Crippen LogP contribution in [0.15, 0.2) is 91.0 Å². The lowest BCUT2D eigenvalue weighted by Crippen LogP contribution is -2.02. The minimum atomic E-state index is 0. The maximum atomic E-state index is 2.20. The van der Waals surface area contributed by atoms with E-state index in [1.54, 1.807) is 0 Å². The maximum absolute atomic E-state index is 2.20. The first-order chi connectivity index (χ1) is 9.45. The van der Waals surface area contributed by atoms with Crippen molar-refractivity contribution in [2.24, 2.45) is 0 Å². The van der Waals surface area contributed by atoms with Gasteiger partial charge in [0.15, 0.2) is 0 Å². The molecule has 0 bridgehead atoms. The van der Waals surface area contributed by atoms with Gasteiger partial charge in [0.2, 0.25) is 0 Å². The van der Waals surface area contributed by atoms with E-state index in [0.717, 1.165) is 0 Å². The van der Waals surface area contributed by atoms with Gasteiger partial charge in [-0.2, -0.15) is 0 Å². The van der Waals surface area contributed by atoms with E-state index in [-0.39, 0.29) is 24.8 Å². The van der Waals surface area contributed by atoms with Gasteiger partial charge in [0.25, 0.3) is 0 Å². The third-order valence-electron chi connectivity index (χ3n) is 3.40. The molecule has 0 aliphatic rings. The van der Waals surface area contributed by atoms with Crippen LogP contribution in [-0.2, 0) is 0 Å². The van der Waals surface area contributed by atoms with E-state index < -0.39 is 0 Å². The molecule has 0 N–H and O–H groups in total. The highest BCUT2D eigenvalue weighted by molar-refractivity contribution is 5.85. The zero-order valence-electron chi connectivity index (χ0n) is 11.6. The highest BCUT2D eigenvalue weighted by atomic mass is 35.5. The lowest BCUT2D eigenvalue weighted by Gasteiger charge is -2.18. The second-order valence-corrected chi connectivity index (χ2v) is 4.67. The predicted molar refractivity (Wildman–Crippen MR) is 94.8 cm³/mol. The zero-order valence-corrected chi connectivity index (χ0v) is 13.2. The van der Waals surface area contributed by atoms with E-state index >= 15 is 0 Å². The van der Waals surface area contributed by atoms with Gasteiger partial charge in [0, 0.05) is 5.92 Å². The van der Waals surface area contributed by atoms with Crippen molar-refractivity contribution in [1.82, 2.24) is 0 Å². The molecular weight excluding hydrogens is 299 g/mol. The molecule has 2 heteroatoms. The fraction of sp³-hybridized carbons (Fsp3) is 0.0526. The molecule has 0 spiro atoms. The molecule has 0 nitrogen and oxygen atoms in total. The van der Waals surface area contributed by atoms with Crippen LogP contribution in [-0.4, -0.2) is 0 Å². The third-order valence-corrected chi connectivity index (χ3v) is 3.40. The first-order valence-corrected chi connectivity index (χ1v) is 6.60. The fourth-order valence-corrected chi connectivity index (χ4v) is 2.51. The van der Waals surface area contributed by atoms with Crippen molar-refractivity contribution in [3.63, 3.8) is 0 Å². The largest absolute Gasteiger partial charge is 0.147 e. The second-order valence-electron chi connectivity index (χ2n) is 4.67. The Balaban J connectivity index is 0.00000110. The Bertz CT molecular complexity index is 528. The summed E-state index contributed by atoms with van der Waals surface area (Å²) in [6.07, 6.45) is 0. The van der Waals surface area contributed by atoms with Crippen molar-refractivity contribution in [2.45, 2.75) is 5.92 Å². The molecule has 0 radical (unpaired) electrons. The number of halogens is 2. The van der Waals surface area contributed by atoms with Gasteiger partial charge in [-0.3, -0.25) is 0 Å². The minimum Gasteiger partial charge on any atom is -0.147 e. The van der Waals surface area contributed by atoms with Gasteiger partial charge in [-0.1, -0.05) is 91.0 Å². The number of hydrogen-bond donors (Lipinski definition) is 0. The molecule has 0 unspecified atom stereocenters. The van der Waals surface area contributed by atoms with Crippen LogP contribution in [0.4, 0.5) is 0 Å². The maximum Gasteiger partial charge on any atom is 0.0339 e. The van der Waals surface area contributed by atoms with E-state index in [9.17, 15) is 0 Å². The van der Waals surface area contributed by atoms with E-state index in [4.69, 9.17) is 0 Å². The minimum absolute atomic E-state index is 0. The monoisotopic (exact) mass is 316 g/mol. The van der Waals surface area contributed by atoms with Crippen LogP contribution in [0, 0.1) is 0 Å². The quantitative estimate of drug-likeness (QED) is 0.543. The Hall–Kier alpha value is -1.76. The molecule has 0 aliphatic heterocycles. The average Bonchev–Trinajstić information content (AvgIpc) is 2.51. The van der Waals surface area contributed by atoms with Crippen molar-refractivity contribution in [3.05, 3.63) is 108 Å². The van der Waals surface area contributed by atoms with Crippen LogP contribution >= 0.6 is 24.8 Å². The van der Waals surface area contributed by atoms with Gasteiger partial charge < -0.3 is 0 Å². The van der Waals surface area contributed by atoms with E-state index in [1.165, 1.54) is 16.7 Å². The topological polar surface area (TPSA) is 0 Å². The van der Waals surface area contributed by atoms with Gasteiger partial charge in [0.05, 0.1) is 0 Å². The Labute approximate surface area is 138 Å². The molecule has 0 amide bonds. The van der Waals surface area contributed by atoms with E-state index in [2.05, 4.69) is 91.0 Å². The van der Waals surface area contributed by atoms with Crippen LogP contribution < -0.4 is 0 Å². The van der Waals surface area contributed by atoms with Gasteiger partial charge in [0.1, 0.15) is 0 Å². The number of benzene rings is 3. The van der Waals surface area contributed by atoms with Gasteiger partial charge in [-0.05, 0) is 16.7 Å². The molecule has 21 heavy (non-hydrogen) atoms. The average molecular weight is 317 g/mol. The lowest BCUT2D eigenvalue weighted by atomic mass is 9.85. The van der Waals surface area contributed by atoms with Crippen molar-refractivity contribution in [3.8, 4) is 0 Å². The predicted octanol–water partition coefficient (Wildman–Crippen LogP) is 5.71. The first-order valence-electron chi connectivity index (χ1n) is 6.60. The number of hydrogen-bond acceptors (Lipinski definition) is 0.